The molecule has 0 unspecified atom stereocenters. The second-order valence-electron chi connectivity index (χ2n) is 6.18. The molecule has 2 aromatic rings. The minimum atomic E-state index is 0.0410. The van der Waals surface area contributed by atoms with Crippen LogP contribution >= 0.6 is 11.6 Å². The molecule has 0 N–H and O–H groups in total. The highest BCUT2D eigenvalue weighted by atomic mass is 35.5. The monoisotopic (exact) mass is 329 g/mol. The van der Waals surface area contributed by atoms with E-state index < -0.39 is 0 Å². The first-order valence-corrected chi connectivity index (χ1v) is 8.27. The van der Waals surface area contributed by atoms with Crippen molar-refractivity contribution in [3.8, 4) is 0 Å². The van der Waals surface area contributed by atoms with Gasteiger partial charge in [-0.1, -0.05) is 17.7 Å². The maximum atomic E-state index is 12.7. The van der Waals surface area contributed by atoms with E-state index in [0.717, 1.165) is 36.6 Å². The second kappa shape index (κ2) is 6.67. The first-order valence-electron chi connectivity index (χ1n) is 7.89. The first kappa shape index (κ1) is 15.9. The number of rotatable bonds is 2. The van der Waals surface area contributed by atoms with Gasteiger partial charge in [0, 0.05) is 24.0 Å². The van der Waals surface area contributed by atoms with Crippen molar-refractivity contribution in [1.82, 2.24) is 15.1 Å². The van der Waals surface area contributed by atoms with Crippen LogP contribution in [-0.2, 0) is 0 Å². The smallest absolute Gasteiger partial charge is 0.255 e. The van der Waals surface area contributed by atoms with Gasteiger partial charge in [0.1, 0.15) is 0 Å². The van der Waals surface area contributed by atoms with E-state index >= 15 is 0 Å². The van der Waals surface area contributed by atoms with Gasteiger partial charge in [0.2, 0.25) is 0 Å². The van der Waals surface area contributed by atoms with Crippen molar-refractivity contribution < 1.29 is 4.79 Å². The molecule has 1 fully saturated rings. The summed E-state index contributed by atoms with van der Waals surface area (Å²) in [5.74, 6) is 0.403. The molecule has 4 nitrogen and oxygen atoms in total. The number of likely N-dealkylation sites (tertiary alicyclic amines) is 1. The fraction of sp³-hybridized carbons (Fsp3) is 0.389. The molecule has 1 saturated heterocycles. The van der Waals surface area contributed by atoms with Gasteiger partial charge in [0.25, 0.3) is 5.91 Å². The topological polar surface area (TPSA) is 46.1 Å². The fourth-order valence-electron chi connectivity index (χ4n) is 3.29. The molecule has 120 valence electrons. The van der Waals surface area contributed by atoms with Gasteiger partial charge in [0.05, 0.1) is 17.5 Å². The molecule has 1 aliphatic rings. The number of benzene rings is 1. The van der Waals surface area contributed by atoms with Crippen molar-refractivity contribution in [2.45, 2.75) is 32.6 Å². The summed E-state index contributed by atoms with van der Waals surface area (Å²) < 4.78 is 0. The molecule has 1 atom stereocenters. The van der Waals surface area contributed by atoms with Gasteiger partial charge in [-0.3, -0.25) is 4.79 Å². The van der Waals surface area contributed by atoms with Gasteiger partial charge in [0.15, 0.2) is 0 Å². The van der Waals surface area contributed by atoms with E-state index in [-0.39, 0.29) is 5.91 Å². The van der Waals surface area contributed by atoms with Crippen molar-refractivity contribution in [2.24, 2.45) is 0 Å². The maximum absolute atomic E-state index is 12.7. The molecule has 23 heavy (non-hydrogen) atoms. The van der Waals surface area contributed by atoms with Crippen LogP contribution in [0.1, 0.15) is 45.9 Å². The molecule has 1 aliphatic heterocycles. The summed E-state index contributed by atoms with van der Waals surface area (Å²) >= 11 is 6.05. The SMILES string of the molecule is Cc1cc(C(=O)N2CCC[C@@H](c3ccc(Cl)cc3C)C2)cnn1. The van der Waals surface area contributed by atoms with Crippen LogP contribution < -0.4 is 0 Å². The maximum Gasteiger partial charge on any atom is 0.255 e. The number of piperidine rings is 1. The quantitative estimate of drug-likeness (QED) is 0.842. The number of nitrogens with zero attached hydrogens (tertiary/aromatic N) is 3. The van der Waals surface area contributed by atoms with Gasteiger partial charge in [-0.05, 0) is 56.0 Å². The van der Waals surface area contributed by atoms with Gasteiger partial charge in [-0.25, -0.2) is 0 Å². The van der Waals surface area contributed by atoms with Crippen molar-refractivity contribution in [3.05, 3.63) is 57.9 Å². The zero-order chi connectivity index (χ0) is 16.4. The van der Waals surface area contributed by atoms with Crippen molar-refractivity contribution in [2.75, 3.05) is 13.1 Å². The molecule has 0 bridgehead atoms. The van der Waals surface area contributed by atoms with Gasteiger partial charge < -0.3 is 4.90 Å². The van der Waals surface area contributed by atoms with Gasteiger partial charge in [-0.2, -0.15) is 10.2 Å². The van der Waals surface area contributed by atoms with E-state index in [4.69, 9.17) is 11.6 Å². The number of amides is 1. The normalized spacial score (nSPS) is 18.0. The lowest BCUT2D eigenvalue weighted by Gasteiger charge is -2.33. The Labute approximate surface area is 141 Å². The second-order valence-corrected chi connectivity index (χ2v) is 6.61. The Bertz CT molecular complexity index is 732. The van der Waals surface area contributed by atoms with E-state index in [1.807, 2.05) is 24.0 Å². The molecule has 0 spiro atoms. The highest BCUT2D eigenvalue weighted by Crippen LogP contribution is 2.31. The Morgan fingerprint density at radius 1 is 1.30 bits per heavy atom. The van der Waals surface area contributed by atoms with E-state index in [2.05, 4.69) is 23.2 Å². The number of hydrogen-bond donors (Lipinski definition) is 0. The van der Waals surface area contributed by atoms with E-state index in [0.29, 0.717) is 11.5 Å². The predicted molar refractivity (Wildman–Crippen MR) is 90.8 cm³/mol. The van der Waals surface area contributed by atoms with Gasteiger partial charge >= 0.3 is 0 Å². The van der Waals surface area contributed by atoms with Crippen LogP contribution in [0.2, 0.25) is 5.02 Å². The lowest BCUT2D eigenvalue weighted by Crippen LogP contribution is -2.39. The Kier molecular flexibility index (Phi) is 4.62. The predicted octanol–water partition coefficient (Wildman–Crippen LogP) is 3.77. The molecule has 0 aliphatic carbocycles. The van der Waals surface area contributed by atoms with Crippen LogP contribution in [0.25, 0.3) is 0 Å². The Hall–Kier alpha value is -1.94. The molecule has 0 radical (unpaired) electrons. The number of carbonyl (C=O) groups is 1. The summed E-state index contributed by atoms with van der Waals surface area (Å²) in [4.78, 5) is 14.6. The molecule has 1 aromatic heterocycles. The molecule has 0 saturated carbocycles. The largest absolute Gasteiger partial charge is 0.338 e. The van der Waals surface area contributed by atoms with Crippen molar-refractivity contribution in [3.63, 3.8) is 0 Å². The zero-order valence-corrected chi connectivity index (χ0v) is 14.2. The summed E-state index contributed by atoms with van der Waals surface area (Å²) in [6.45, 7) is 5.46. The molecule has 2 heterocycles. The van der Waals surface area contributed by atoms with Crippen LogP contribution in [0.3, 0.4) is 0 Å². The number of aromatic nitrogens is 2. The summed E-state index contributed by atoms with van der Waals surface area (Å²) in [5, 5.41) is 8.56. The summed E-state index contributed by atoms with van der Waals surface area (Å²) in [6.07, 6.45) is 3.66. The van der Waals surface area contributed by atoms with E-state index in [1.165, 1.54) is 11.1 Å². The molecule has 3 rings (SSSR count). The minimum Gasteiger partial charge on any atom is -0.338 e. The molecular formula is C18H20ClN3O. The molecular weight excluding hydrogens is 310 g/mol. The average Bonchev–Trinajstić information content (AvgIpc) is 2.54. The zero-order valence-electron chi connectivity index (χ0n) is 13.4. The minimum absolute atomic E-state index is 0.0410. The van der Waals surface area contributed by atoms with Crippen LogP contribution in [0, 0.1) is 13.8 Å². The number of carbonyl (C=O) groups excluding carboxylic acids is 1. The highest BCUT2D eigenvalue weighted by Gasteiger charge is 2.26. The number of hydrogen-bond acceptors (Lipinski definition) is 3. The van der Waals surface area contributed by atoms with Crippen molar-refractivity contribution in [1.29, 1.82) is 0 Å². The number of halogens is 1. The Morgan fingerprint density at radius 2 is 2.13 bits per heavy atom. The first-order chi connectivity index (χ1) is 11.0. The lowest BCUT2D eigenvalue weighted by molar-refractivity contribution is 0.0706. The van der Waals surface area contributed by atoms with Gasteiger partial charge in [-0.15, -0.1) is 0 Å². The lowest BCUT2D eigenvalue weighted by atomic mass is 9.88. The third-order valence-corrected chi connectivity index (χ3v) is 4.64. The number of aryl methyl sites for hydroxylation is 2. The standard InChI is InChI=1S/C18H20ClN3O/c1-12-8-16(19)5-6-17(12)14-4-3-7-22(11-14)18(23)15-9-13(2)21-20-10-15/h5-6,8-10,14H,3-4,7,11H2,1-2H3/t14-/m1/s1. The fourth-order valence-corrected chi connectivity index (χ4v) is 3.51. The van der Waals surface area contributed by atoms with Crippen LogP contribution in [0.4, 0.5) is 0 Å². The van der Waals surface area contributed by atoms with Crippen LogP contribution in [-0.4, -0.2) is 34.1 Å². The molecule has 5 heteroatoms. The molecule has 1 amide bonds. The van der Waals surface area contributed by atoms with Crippen LogP contribution in [0.5, 0.6) is 0 Å². The third-order valence-electron chi connectivity index (χ3n) is 4.40. The van der Waals surface area contributed by atoms with E-state index in [1.54, 1.807) is 12.3 Å². The molecule has 1 aromatic carbocycles. The van der Waals surface area contributed by atoms with E-state index in [9.17, 15) is 4.79 Å². The highest BCUT2D eigenvalue weighted by molar-refractivity contribution is 6.30. The Balaban J connectivity index is 1.79. The Morgan fingerprint density at radius 3 is 2.87 bits per heavy atom. The van der Waals surface area contributed by atoms with Crippen molar-refractivity contribution >= 4 is 17.5 Å². The average molecular weight is 330 g/mol. The third kappa shape index (κ3) is 3.53. The van der Waals surface area contributed by atoms with Crippen LogP contribution in [0.15, 0.2) is 30.5 Å². The summed E-state index contributed by atoms with van der Waals surface area (Å²) in [5.41, 5.74) is 3.86. The summed E-state index contributed by atoms with van der Waals surface area (Å²) in [6, 6.07) is 7.82. The summed E-state index contributed by atoms with van der Waals surface area (Å²) in [7, 11) is 0.